The molecule has 3 fully saturated rings. The van der Waals surface area contributed by atoms with Gasteiger partial charge in [0.05, 0.1) is 6.54 Å². The van der Waals surface area contributed by atoms with E-state index in [0.717, 1.165) is 58.5 Å². The van der Waals surface area contributed by atoms with E-state index in [1.807, 2.05) is 30.2 Å². The maximum absolute atomic E-state index is 12.9. The molecule has 1 N–H and O–H groups in total. The first-order valence-corrected chi connectivity index (χ1v) is 9.85. The van der Waals surface area contributed by atoms with Crippen molar-refractivity contribution >= 4 is 5.91 Å². The fourth-order valence-corrected chi connectivity index (χ4v) is 4.81. The smallest absolute Gasteiger partial charge is 0.226 e. The van der Waals surface area contributed by atoms with Crippen LogP contribution in [0.15, 0.2) is 18.5 Å². The second-order valence-electron chi connectivity index (χ2n) is 8.16. The monoisotopic (exact) mass is 345 g/mol. The zero-order valence-electron chi connectivity index (χ0n) is 15.4. The summed E-state index contributed by atoms with van der Waals surface area (Å²) in [5, 5.41) is 7.69. The standard InChI is InChI=1S/C19H31N5O/c1-22(18(25)17-15-19(17)5-8-20-9-6-19)16-3-11-23(12-4-16)13-14-24-10-2-7-21-24/h2,7,10,16-17,20H,3-6,8-9,11-15H2,1H3. The van der Waals surface area contributed by atoms with Gasteiger partial charge >= 0.3 is 0 Å². The lowest BCUT2D eigenvalue weighted by atomic mass is 9.91. The Bertz CT molecular complexity index is 573. The highest BCUT2D eigenvalue weighted by molar-refractivity contribution is 5.82. The third-order valence-electron chi connectivity index (χ3n) is 6.74. The summed E-state index contributed by atoms with van der Waals surface area (Å²) in [4.78, 5) is 17.5. The van der Waals surface area contributed by atoms with Crippen molar-refractivity contribution in [3.05, 3.63) is 18.5 Å². The van der Waals surface area contributed by atoms with Gasteiger partial charge in [0.1, 0.15) is 0 Å². The number of carbonyl (C=O) groups excluding carboxylic acids is 1. The summed E-state index contributed by atoms with van der Waals surface area (Å²) in [6.45, 7) is 6.34. The van der Waals surface area contributed by atoms with Crippen LogP contribution in [-0.2, 0) is 11.3 Å². The molecule has 1 spiro atoms. The molecule has 1 aromatic rings. The number of aromatic nitrogens is 2. The van der Waals surface area contributed by atoms with E-state index in [1.54, 1.807) is 0 Å². The molecule has 2 aliphatic heterocycles. The molecule has 0 bridgehead atoms. The van der Waals surface area contributed by atoms with E-state index in [0.29, 0.717) is 23.3 Å². The van der Waals surface area contributed by atoms with Gasteiger partial charge in [-0.15, -0.1) is 0 Å². The molecule has 138 valence electrons. The molecule has 1 amide bonds. The fraction of sp³-hybridized carbons (Fsp3) is 0.789. The molecule has 6 heteroatoms. The SMILES string of the molecule is CN(C(=O)C1CC12CCNCC2)C1CCN(CCn2cccn2)CC1. The number of carbonyl (C=O) groups is 1. The largest absolute Gasteiger partial charge is 0.342 e. The lowest BCUT2D eigenvalue weighted by Crippen LogP contribution is -2.47. The average molecular weight is 345 g/mol. The zero-order chi connectivity index (χ0) is 17.3. The van der Waals surface area contributed by atoms with Gasteiger partial charge < -0.3 is 15.1 Å². The Morgan fingerprint density at radius 1 is 1.28 bits per heavy atom. The van der Waals surface area contributed by atoms with E-state index in [-0.39, 0.29) is 0 Å². The number of nitrogens with one attached hydrogen (secondary N) is 1. The van der Waals surface area contributed by atoms with E-state index in [9.17, 15) is 4.79 Å². The van der Waals surface area contributed by atoms with Crippen molar-refractivity contribution in [1.29, 1.82) is 0 Å². The molecular weight excluding hydrogens is 314 g/mol. The van der Waals surface area contributed by atoms with Crippen LogP contribution >= 0.6 is 0 Å². The predicted molar refractivity (Wildman–Crippen MR) is 97.1 cm³/mol. The second kappa shape index (κ2) is 7.08. The van der Waals surface area contributed by atoms with Crippen LogP contribution in [0.2, 0.25) is 0 Å². The van der Waals surface area contributed by atoms with Crippen molar-refractivity contribution in [3.63, 3.8) is 0 Å². The first-order chi connectivity index (χ1) is 12.2. The van der Waals surface area contributed by atoms with Gasteiger partial charge in [-0.2, -0.15) is 5.10 Å². The quantitative estimate of drug-likeness (QED) is 0.871. The molecule has 25 heavy (non-hydrogen) atoms. The Morgan fingerprint density at radius 2 is 2.04 bits per heavy atom. The summed E-state index contributed by atoms with van der Waals surface area (Å²) in [5.74, 6) is 0.717. The van der Waals surface area contributed by atoms with Crippen LogP contribution in [0.1, 0.15) is 32.1 Å². The summed E-state index contributed by atoms with van der Waals surface area (Å²) in [5.41, 5.74) is 0.348. The Labute approximate surface area is 150 Å². The maximum Gasteiger partial charge on any atom is 0.226 e. The van der Waals surface area contributed by atoms with Crippen molar-refractivity contribution in [2.45, 2.75) is 44.7 Å². The highest BCUT2D eigenvalue weighted by atomic mass is 16.2. The highest BCUT2D eigenvalue weighted by Crippen LogP contribution is 2.59. The number of hydrogen-bond donors (Lipinski definition) is 1. The minimum atomic E-state index is 0.303. The van der Waals surface area contributed by atoms with Gasteiger partial charge in [-0.05, 0) is 56.7 Å². The van der Waals surface area contributed by atoms with E-state index in [1.165, 1.54) is 12.8 Å². The Balaban J connectivity index is 1.22. The summed E-state index contributed by atoms with van der Waals surface area (Å²) >= 11 is 0. The van der Waals surface area contributed by atoms with Crippen LogP contribution < -0.4 is 5.32 Å². The van der Waals surface area contributed by atoms with Gasteiger partial charge in [0, 0.05) is 51.0 Å². The molecule has 6 nitrogen and oxygen atoms in total. The summed E-state index contributed by atoms with van der Waals surface area (Å²) in [6, 6.07) is 2.40. The molecule has 2 saturated heterocycles. The average Bonchev–Trinajstić information content (AvgIpc) is 3.08. The van der Waals surface area contributed by atoms with Crippen molar-refractivity contribution in [1.82, 2.24) is 24.9 Å². The summed E-state index contributed by atoms with van der Waals surface area (Å²) in [6.07, 6.45) is 9.54. The molecule has 1 aromatic heterocycles. The van der Waals surface area contributed by atoms with Crippen LogP contribution in [0.25, 0.3) is 0 Å². The summed E-state index contributed by atoms with van der Waals surface area (Å²) in [7, 11) is 2.04. The Morgan fingerprint density at radius 3 is 2.72 bits per heavy atom. The first-order valence-electron chi connectivity index (χ1n) is 9.85. The number of piperidine rings is 2. The molecule has 1 unspecified atom stereocenters. The lowest BCUT2D eigenvalue weighted by molar-refractivity contribution is -0.135. The maximum atomic E-state index is 12.9. The molecule has 3 heterocycles. The molecule has 1 atom stereocenters. The fourth-order valence-electron chi connectivity index (χ4n) is 4.81. The third kappa shape index (κ3) is 3.60. The van der Waals surface area contributed by atoms with Gasteiger partial charge in [0.2, 0.25) is 5.91 Å². The number of likely N-dealkylation sites (tertiary alicyclic amines) is 1. The molecule has 1 aliphatic carbocycles. The number of amides is 1. The van der Waals surface area contributed by atoms with E-state index in [4.69, 9.17) is 0 Å². The number of hydrogen-bond acceptors (Lipinski definition) is 4. The van der Waals surface area contributed by atoms with Crippen molar-refractivity contribution < 1.29 is 4.79 Å². The van der Waals surface area contributed by atoms with Crippen LogP contribution in [0.5, 0.6) is 0 Å². The molecule has 1 saturated carbocycles. The van der Waals surface area contributed by atoms with Crippen LogP contribution in [-0.4, -0.2) is 71.3 Å². The summed E-state index contributed by atoms with van der Waals surface area (Å²) < 4.78 is 1.99. The van der Waals surface area contributed by atoms with E-state index in [2.05, 4.69) is 20.2 Å². The van der Waals surface area contributed by atoms with Crippen molar-refractivity contribution in [2.75, 3.05) is 39.8 Å². The molecular formula is C19H31N5O. The topological polar surface area (TPSA) is 53.4 Å². The van der Waals surface area contributed by atoms with Crippen LogP contribution in [0.4, 0.5) is 0 Å². The van der Waals surface area contributed by atoms with E-state index >= 15 is 0 Å². The van der Waals surface area contributed by atoms with Crippen LogP contribution in [0.3, 0.4) is 0 Å². The van der Waals surface area contributed by atoms with E-state index < -0.39 is 0 Å². The zero-order valence-corrected chi connectivity index (χ0v) is 15.4. The lowest BCUT2D eigenvalue weighted by Gasteiger charge is -2.37. The third-order valence-corrected chi connectivity index (χ3v) is 6.74. The second-order valence-corrected chi connectivity index (χ2v) is 8.16. The molecule has 0 aromatic carbocycles. The first kappa shape index (κ1) is 17.0. The van der Waals surface area contributed by atoms with Gasteiger partial charge in [-0.1, -0.05) is 0 Å². The number of rotatable bonds is 5. The minimum absolute atomic E-state index is 0.303. The minimum Gasteiger partial charge on any atom is -0.342 e. The van der Waals surface area contributed by atoms with Crippen molar-refractivity contribution in [2.24, 2.45) is 11.3 Å². The van der Waals surface area contributed by atoms with Gasteiger partial charge in [0.25, 0.3) is 0 Å². The van der Waals surface area contributed by atoms with Crippen LogP contribution in [0, 0.1) is 11.3 Å². The number of nitrogens with zero attached hydrogens (tertiary/aromatic N) is 4. The normalized spacial score (nSPS) is 26.7. The van der Waals surface area contributed by atoms with Crippen molar-refractivity contribution in [3.8, 4) is 0 Å². The highest BCUT2D eigenvalue weighted by Gasteiger charge is 2.58. The Hall–Kier alpha value is -1.40. The molecule has 0 radical (unpaired) electrons. The van der Waals surface area contributed by atoms with Gasteiger partial charge in [-0.3, -0.25) is 9.48 Å². The molecule has 4 rings (SSSR count). The Kier molecular flexibility index (Phi) is 4.82. The predicted octanol–water partition coefficient (Wildman–Crippen LogP) is 1.20. The van der Waals surface area contributed by atoms with Gasteiger partial charge in [-0.25, -0.2) is 0 Å². The molecule has 3 aliphatic rings. The van der Waals surface area contributed by atoms with Gasteiger partial charge in [0.15, 0.2) is 0 Å².